The summed E-state index contributed by atoms with van der Waals surface area (Å²) in [6, 6.07) is 15.9. The zero-order valence-corrected chi connectivity index (χ0v) is 12.9. The van der Waals surface area contributed by atoms with E-state index in [4.69, 9.17) is 0 Å². The van der Waals surface area contributed by atoms with Gasteiger partial charge in [0, 0.05) is 4.90 Å². The van der Waals surface area contributed by atoms with Crippen molar-refractivity contribution in [3.63, 3.8) is 0 Å². The number of benzene rings is 2. The zero-order chi connectivity index (χ0) is 15.2. The molecule has 0 unspecified atom stereocenters. The molecule has 0 bridgehead atoms. The molecule has 0 aliphatic carbocycles. The number of hydrogen-bond donors (Lipinski definition) is 1. The van der Waals surface area contributed by atoms with E-state index < -0.39 is 0 Å². The minimum Gasteiger partial charge on any atom is -0.349 e. The lowest BCUT2D eigenvalue weighted by Crippen LogP contribution is -2.33. The Hall–Kier alpha value is -1.81. The molecule has 0 aromatic heterocycles. The molecule has 4 heteroatoms. The lowest BCUT2D eigenvalue weighted by Gasteiger charge is -2.17. The van der Waals surface area contributed by atoms with E-state index in [1.165, 1.54) is 23.9 Å². The van der Waals surface area contributed by atoms with E-state index in [0.717, 1.165) is 10.5 Å². The number of amides is 1. The van der Waals surface area contributed by atoms with Crippen LogP contribution in [0.5, 0.6) is 0 Å². The van der Waals surface area contributed by atoms with Gasteiger partial charge in [0.15, 0.2) is 0 Å². The van der Waals surface area contributed by atoms with Crippen molar-refractivity contribution >= 4 is 17.7 Å². The summed E-state index contributed by atoms with van der Waals surface area (Å²) in [7, 11) is 0. The molecule has 0 saturated heterocycles. The summed E-state index contributed by atoms with van der Waals surface area (Å²) in [6.07, 6.45) is 0. The number of nitrogens with one attached hydrogen (secondary N) is 1. The highest BCUT2D eigenvalue weighted by molar-refractivity contribution is 8.00. The van der Waals surface area contributed by atoms with Gasteiger partial charge in [-0.3, -0.25) is 4.79 Å². The Balaban J connectivity index is 1.92. The monoisotopic (exact) mass is 303 g/mol. The minimum atomic E-state index is -0.273. The Morgan fingerprint density at radius 1 is 1.05 bits per heavy atom. The quantitative estimate of drug-likeness (QED) is 0.839. The van der Waals surface area contributed by atoms with Gasteiger partial charge in [0.05, 0.1) is 11.3 Å². The van der Waals surface area contributed by atoms with E-state index in [2.05, 4.69) is 5.32 Å². The van der Waals surface area contributed by atoms with Crippen molar-refractivity contribution < 1.29 is 9.18 Å². The first-order chi connectivity index (χ1) is 10.1. The number of rotatable bonds is 5. The predicted molar refractivity (Wildman–Crippen MR) is 84.7 cm³/mol. The molecular formula is C17H18FNOS. The van der Waals surface area contributed by atoms with Crippen LogP contribution < -0.4 is 5.32 Å². The number of carbonyl (C=O) groups excluding carboxylic acids is 1. The standard InChI is InChI=1S/C17H18FNOS/c1-12(14-8-10-15(18)11-9-14)19-17(20)13(2)21-16-6-4-3-5-7-16/h3-13H,1-2H3,(H,19,20)/t12-,13-/m0/s1. The Morgan fingerprint density at radius 3 is 2.29 bits per heavy atom. The normalized spacial score (nSPS) is 13.5. The largest absolute Gasteiger partial charge is 0.349 e. The highest BCUT2D eigenvalue weighted by Gasteiger charge is 2.17. The van der Waals surface area contributed by atoms with Crippen molar-refractivity contribution in [3.05, 3.63) is 66.0 Å². The van der Waals surface area contributed by atoms with Gasteiger partial charge in [0.1, 0.15) is 5.82 Å². The maximum Gasteiger partial charge on any atom is 0.233 e. The molecular weight excluding hydrogens is 285 g/mol. The molecule has 21 heavy (non-hydrogen) atoms. The van der Waals surface area contributed by atoms with Crippen molar-refractivity contribution in [1.29, 1.82) is 0 Å². The topological polar surface area (TPSA) is 29.1 Å². The summed E-state index contributed by atoms with van der Waals surface area (Å²) in [6.45, 7) is 3.77. The summed E-state index contributed by atoms with van der Waals surface area (Å²) in [5.41, 5.74) is 0.890. The van der Waals surface area contributed by atoms with Crippen LogP contribution in [-0.4, -0.2) is 11.2 Å². The molecule has 2 nitrogen and oxygen atoms in total. The molecule has 1 N–H and O–H groups in total. The summed E-state index contributed by atoms with van der Waals surface area (Å²) in [5, 5.41) is 2.77. The van der Waals surface area contributed by atoms with Gasteiger partial charge in [-0.05, 0) is 43.7 Å². The smallest absolute Gasteiger partial charge is 0.233 e. The van der Waals surface area contributed by atoms with E-state index in [9.17, 15) is 9.18 Å². The minimum absolute atomic E-state index is 0.0271. The van der Waals surface area contributed by atoms with Crippen LogP contribution in [0.2, 0.25) is 0 Å². The van der Waals surface area contributed by atoms with Crippen molar-refractivity contribution in [3.8, 4) is 0 Å². The third kappa shape index (κ3) is 4.60. The maximum atomic E-state index is 12.9. The third-order valence-corrected chi connectivity index (χ3v) is 4.27. The van der Waals surface area contributed by atoms with E-state index in [1.54, 1.807) is 12.1 Å². The zero-order valence-electron chi connectivity index (χ0n) is 12.0. The van der Waals surface area contributed by atoms with Gasteiger partial charge in [0.25, 0.3) is 0 Å². The number of hydrogen-bond acceptors (Lipinski definition) is 2. The average molecular weight is 303 g/mol. The van der Waals surface area contributed by atoms with Gasteiger partial charge in [-0.15, -0.1) is 11.8 Å². The van der Waals surface area contributed by atoms with Gasteiger partial charge in [-0.2, -0.15) is 0 Å². The molecule has 0 spiro atoms. The molecule has 0 heterocycles. The molecule has 2 atom stereocenters. The molecule has 0 fully saturated rings. The number of halogens is 1. The highest BCUT2D eigenvalue weighted by Crippen LogP contribution is 2.23. The summed E-state index contributed by atoms with van der Waals surface area (Å²) >= 11 is 1.52. The summed E-state index contributed by atoms with van der Waals surface area (Å²) in [4.78, 5) is 13.3. The Bertz CT molecular complexity index is 585. The van der Waals surface area contributed by atoms with Crippen LogP contribution in [0.4, 0.5) is 4.39 Å². The van der Waals surface area contributed by atoms with Crippen LogP contribution in [0.25, 0.3) is 0 Å². The van der Waals surface area contributed by atoms with Crippen molar-refractivity contribution in [2.24, 2.45) is 0 Å². The maximum absolute atomic E-state index is 12.9. The second kappa shape index (κ2) is 7.27. The van der Waals surface area contributed by atoms with Crippen LogP contribution in [-0.2, 0) is 4.79 Å². The fourth-order valence-electron chi connectivity index (χ4n) is 1.92. The summed E-state index contributed by atoms with van der Waals surface area (Å²) < 4.78 is 12.9. The predicted octanol–water partition coefficient (Wildman–Crippen LogP) is 4.18. The van der Waals surface area contributed by atoms with Crippen molar-refractivity contribution in [1.82, 2.24) is 5.32 Å². The number of thioether (sulfide) groups is 1. The van der Waals surface area contributed by atoms with Gasteiger partial charge in [-0.1, -0.05) is 30.3 Å². The third-order valence-electron chi connectivity index (χ3n) is 3.15. The van der Waals surface area contributed by atoms with Gasteiger partial charge < -0.3 is 5.32 Å². The first-order valence-electron chi connectivity index (χ1n) is 6.84. The van der Waals surface area contributed by atoms with Crippen molar-refractivity contribution in [2.75, 3.05) is 0 Å². The Labute approximate surface area is 128 Å². The molecule has 2 rings (SSSR count). The van der Waals surface area contributed by atoms with Gasteiger partial charge in [-0.25, -0.2) is 4.39 Å². The van der Waals surface area contributed by atoms with Crippen LogP contribution >= 0.6 is 11.8 Å². The molecule has 0 aliphatic rings. The second-order valence-corrected chi connectivity index (χ2v) is 6.27. The first-order valence-corrected chi connectivity index (χ1v) is 7.72. The lowest BCUT2D eigenvalue weighted by molar-refractivity contribution is -0.120. The lowest BCUT2D eigenvalue weighted by atomic mass is 10.1. The summed E-state index contributed by atoms with van der Waals surface area (Å²) in [5.74, 6) is -0.300. The van der Waals surface area contributed by atoms with E-state index in [0.29, 0.717) is 0 Å². The van der Waals surface area contributed by atoms with E-state index in [-0.39, 0.29) is 23.0 Å². The van der Waals surface area contributed by atoms with Crippen LogP contribution in [0.15, 0.2) is 59.5 Å². The van der Waals surface area contributed by atoms with Gasteiger partial charge in [0.2, 0.25) is 5.91 Å². The molecule has 0 saturated carbocycles. The van der Waals surface area contributed by atoms with Crippen molar-refractivity contribution in [2.45, 2.75) is 30.0 Å². The highest BCUT2D eigenvalue weighted by atomic mass is 32.2. The molecule has 1 amide bonds. The molecule has 0 aliphatic heterocycles. The van der Waals surface area contributed by atoms with Crippen LogP contribution in [0.3, 0.4) is 0 Å². The van der Waals surface area contributed by atoms with Crippen LogP contribution in [0, 0.1) is 5.82 Å². The fraction of sp³-hybridized carbons (Fsp3) is 0.235. The molecule has 2 aromatic rings. The second-order valence-electron chi connectivity index (χ2n) is 4.85. The average Bonchev–Trinajstić information content (AvgIpc) is 2.48. The molecule has 110 valence electrons. The van der Waals surface area contributed by atoms with E-state index >= 15 is 0 Å². The Kier molecular flexibility index (Phi) is 5.39. The number of carbonyl (C=O) groups is 1. The van der Waals surface area contributed by atoms with Crippen LogP contribution in [0.1, 0.15) is 25.5 Å². The molecule has 2 aromatic carbocycles. The fourth-order valence-corrected chi connectivity index (χ4v) is 2.82. The molecule has 0 radical (unpaired) electrons. The first kappa shape index (κ1) is 15.6. The SMILES string of the molecule is C[C@H](Sc1ccccc1)C(=O)N[C@@H](C)c1ccc(F)cc1. The van der Waals surface area contributed by atoms with Gasteiger partial charge >= 0.3 is 0 Å². The Morgan fingerprint density at radius 2 is 1.67 bits per heavy atom. The van der Waals surface area contributed by atoms with E-state index in [1.807, 2.05) is 44.2 Å².